The maximum atomic E-state index is 12.3. The minimum atomic E-state index is 0. The number of hydrogen-bond donors (Lipinski definition) is 1. The van der Waals surface area contributed by atoms with Crippen molar-refractivity contribution in [3.8, 4) is 5.75 Å². The van der Waals surface area contributed by atoms with Crippen molar-refractivity contribution >= 4 is 18.3 Å². The van der Waals surface area contributed by atoms with Gasteiger partial charge in [-0.15, -0.1) is 12.4 Å². The molecule has 22 heavy (non-hydrogen) atoms. The molecule has 2 heterocycles. The molecule has 2 atom stereocenters. The van der Waals surface area contributed by atoms with Crippen LogP contribution < -0.4 is 10.1 Å². The van der Waals surface area contributed by atoms with E-state index in [-0.39, 0.29) is 24.9 Å². The monoisotopic (exact) mass is 324 g/mol. The Balaban J connectivity index is 0.00000176. The summed E-state index contributed by atoms with van der Waals surface area (Å²) in [5.41, 5.74) is 2.43. The van der Waals surface area contributed by atoms with Crippen molar-refractivity contribution in [3.05, 3.63) is 29.3 Å². The van der Waals surface area contributed by atoms with Gasteiger partial charge in [0.2, 0.25) is 0 Å². The van der Waals surface area contributed by atoms with Crippen LogP contribution in [0, 0.1) is 13.8 Å². The van der Waals surface area contributed by atoms with Crippen molar-refractivity contribution in [2.24, 2.45) is 0 Å². The van der Waals surface area contributed by atoms with E-state index in [0.717, 1.165) is 25.3 Å². The summed E-state index contributed by atoms with van der Waals surface area (Å²) in [6.45, 7) is 5.94. The molecule has 5 heteroatoms. The number of ether oxygens (including phenoxy) is 1. The van der Waals surface area contributed by atoms with Gasteiger partial charge in [-0.05, 0) is 56.4 Å². The highest BCUT2D eigenvalue weighted by Crippen LogP contribution is 2.21. The van der Waals surface area contributed by atoms with E-state index in [2.05, 4.69) is 19.2 Å². The molecule has 1 N–H and O–H groups in total. The summed E-state index contributed by atoms with van der Waals surface area (Å²) in [6, 6.07) is 7.04. The largest absolute Gasteiger partial charge is 0.484 e. The number of aryl methyl sites for hydroxylation is 2. The average Bonchev–Trinajstić information content (AvgIpc) is 2.79. The second-order valence-electron chi connectivity index (χ2n) is 6.30. The van der Waals surface area contributed by atoms with Gasteiger partial charge in [-0.2, -0.15) is 0 Å². The first-order chi connectivity index (χ1) is 10.1. The molecular weight excluding hydrogens is 300 g/mol. The van der Waals surface area contributed by atoms with E-state index >= 15 is 0 Å². The van der Waals surface area contributed by atoms with E-state index < -0.39 is 0 Å². The van der Waals surface area contributed by atoms with Crippen LogP contribution in [0.25, 0.3) is 0 Å². The van der Waals surface area contributed by atoms with Crippen LogP contribution in [0.1, 0.15) is 30.4 Å². The van der Waals surface area contributed by atoms with Crippen LogP contribution in [0.15, 0.2) is 18.2 Å². The molecule has 2 bridgehead atoms. The van der Waals surface area contributed by atoms with Crippen molar-refractivity contribution in [2.75, 3.05) is 19.7 Å². The lowest BCUT2D eigenvalue weighted by atomic mass is 10.1. The summed E-state index contributed by atoms with van der Waals surface area (Å²) in [5, 5.41) is 3.59. The van der Waals surface area contributed by atoms with Gasteiger partial charge in [-0.1, -0.05) is 6.07 Å². The molecule has 4 nitrogen and oxygen atoms in total. The molecule has 1 aromatic carbocycles. The minimum Gasteiger partial charge on any atom is -0.484 e. The van der Waals surface area contributed by atoms with E-state index in [1.54, 1.807) is 0 Å². The molecule has 1 amide bonds. The van der Waals surface area contributed by atoms with Crippen LogP contribution in [0.4, 0.5) is 0 Å². The molecule has 2 aliphatic heterocycles. The van der Waals surface area contributed by atoms with Crippen molar-refractivity contribution in [3.63, 3.8) is 0 Å². The van der Waals surface area contributed by atoms with Crippen LogP contribution in [0.2, 0.25) is 0 Å². The Bertz CT molecular complexity index is 535. The van der Waals surface area contributed by atoms with Crippen molar-refractivity contribution < 1.29 is 9.53 Å². The molecule has 3 rings (SSSR count). The first-order valence-electron chi connectivity index (χ1n) is 7.85. The lowest BCUT2D eigenvalue weighted by Gasteiger charge is -2.24. The van der Waals surface area contributed by atoms with Crippen LogP contribution >= 0.6 is 12.4 Å². The molecule has 0 aromatic heterocycles. The fraction of sp³-hybridized carbons (Fsp3) is 0.588. The van der Waals surface area contributed by atoms with Gasteiger partial charge in [0.15, 0.2) is 6.61 Å². The Morgan fingerprint density at radius 2 is 2.00 bits per heavy atom. The molecule has 2 aliphatic rings. The Kier molecular flexibility index (Phi) is 5.70. The number of amides is 1. The third-order valence-corrected chi connectivity index (χ3v) is 4.72. The van der Waals surface area contributed by atoms with Gasteiger partial charge < -0.3 is 15.0 Å². The molecule has 2 saturated heterocycles. The van der Waals surface area contributed by atoms with E-state index in [1.807, 2.05) is 23.1 Å². The number of rotatable bonds is 3. The maximum Gasteiger partial charge on any atom is 0.260 e. The third kappa shape index (κ3) is 3.93. The Morgan fingerprint density at radius 3 is 2.77 bits per heavy atom. The summed E-state index contributed by atoms with van der Waals surface area (Å²) in [4.78, 5) is 14.3. The fourth-order valence-corrected chi connectivity index (χ4v) is 3.21. The highest BCUT2D eigenvalue weighted by Gasteiger charge is 2.31. The van der Waals surface area contributed by atoms with Crippen molar-refractivity contribution in [1.82, 2.24) is 10.2 Å². The predicted octanol–water partition coefficient (Wildman–Crippen LogP) is 2.46. The zero-order valence-electron chi connectivity index (χ0n) is 13.3. The standard InChI is InChI=1S/C17H24N2O2.ClH/c1-12-3-6-16(9-13(12)2)21-11-17(20)19-8-7-14-4-5-15(10-19)18-14;/h3,6,9,14-15,18H,4-5,7-8,10-11H2,1-2H3;1H. The van der Waals surface area contributed by atoms with E-state index in [9.17, 15) is 4.79 Å². The number of nitrogens with one attached hydrogen (secondary N) is 1. The lowest BCUT2D eigenvalue weighted by molar-refractivity contribution is -0.133. The smallest absolute Gasteiger partial charge is 0.260 e. The van der Waals surface area contributed by atoms with Crippen molar-refractivity contribution in [2.45, 2.75) is 45.2 Å². The van der Waals surface area contributed by atoms with Crippen LogP contribution in [-0.4, -0.2) is 42.6 Å². The fourth-order valence-electron chi connectivity index (χ4n) is 3.21. The molecular formula is C17H25ClN2O2. The molecule has 0 spiro atoms. The maximum absolute atomic E-state index is 12.3. The third-order valence-electron chi connectivity index (χ3n) is 4.72. The van der Waals surface area contributed by atoms with Crippen LogP contribution in [0.3, 0.4) is 0 Å². The van der Waals surface area contributed by atoms with Crippen LogP contribution in [-0.2, 0) is 4.79 Å². The lowest BCUT2D eigenvalue weighted by Crippen LogP contribution is -2.41. The predicted molar refractivity (Wildman–Crippen MR) is 89.8 cm³/mol. The molecule has 0 aliphatic carbocycles. The zero-order valence-corrected chi connectivity index (χ0v) is 14.1. The van der Waals surface area contributed by atoms with Gasteiger partial charge in [0.25, 0.3) is 5.91 Å². The Hall–Kier alpha value is -1.26. The van der Waals surface area contributed by atoms with E-state index in [0.29, 0.717) is 12.1 Å². The first-order valence-corrected chi connectivity index (χ1v) is 7.85. The number of benzene rings is 1. The summed E-state index contributed by atoms with van der Waals surface area (Å²) >= 11 is 0. The highest BCUT2D eigenvalue weighted by molar-refractivity contribution is 5.85. The van der Waals surface area contributed by atoms with Gasteiger partial charge in [0.05, 0.1) is 0 Å². The summed E-state index contributed by atoms with van der Waals surface area (Å²) in [6.07, 6.45) is 3.50. The number of carbonyl (C=O) groups excluding carboxylic acids is 1. The second kappa shape index (κ2) is 7.34. The number of fused-ring (bicyclic) bond motifs is 2. The molecule has 0 radical (unpaired) electrons. The van der Waals surface area contributed by atoms with E-state index in [1.165, 1.54) is 24.0 Å². The van der Waals surface area contributed by atoms with Gasteiger partial charge in [0.1, 0.15) is 5.75 Å². The average molecular weight is 325 g/mol. The SMILES string of the molecule is Cc1ccc(OCC(=O)N2CCC3CCC(C2)N3)cc1C.Cl. The van der Waals surface area contributed by atoms with Gasteiger partial charge in [-0.3, -0.25) is 4.79 Å². The van der Waals surface area contributed by atoms with Gasteiger partial charge in [0, 0.05) is 25.2 Å². The van der Waals surface area contributed by atoms with Gasteiger partial charge >= 0.3 is 0 Å². The molecule has 1 aromatic rings. The van der Waals surface area contributed by atoms with Crippen molar-refractivity contribution in [1.29, 1.82) is 0 Å². The summed E-state index contributed by atoms with van der Waals surface area (Å²) in [7, 11) is 0. The number of likely N-dealkylation sites (tertiary alicyclic amines) is 1. The second-order valence-corrected chi connectivity index (χ2v) is 6.30. The summed E-state index contributed by atoms with van der Waals surface area (Å²) in [5.74, 6) is 0.878. The minimum absolute atomic E-state index is 0. The Morgan fingerprint density at radius 1 is 1.23 bits per heavy atom. The highest BCUT2D eigenvalue weighted by atomic mass is 35.5. The quantitative estimate of drug-likeness (QED) is 0.928. The number of halogens is 1. The zero-order chi connectivity index (χ0) is 14.8. The number of nitrogens with zero attached hydrogens (tertiary/aromatic N) is 1. The molecule has 0 saturated carbocycles. The Labute approximate surface area is 138 Å². The number of hydrogen-bond acceptors (Lipinski definition) is 3. The van der Waals surface area contributed by atoms with Crippen LogP contribution in [0.5, 0.6) is 5.75 Å². The summed E-state index contributed by atoms with van der Waals surface area (Å²) < 4.78 is 5.67. The topological polar surface area (TPSA) is 41.6 Å². The van der Waals surface area contributed by atoms with E-state index in [4.69, 9.17) is 4.74 Å². The number of carbonyl (C=O) groups is 1. The first kappa shape index (κ1) is 17.1. The molecule has 2 unspecified atom stereocenters. The normalized spacial score (nSPS) is 23.6. The molecule has 122 valence electrons. The van der Waals surface area contributed by atoms with Gasteiger partial charge in [-0.25, -0.2) is 0 Å². The molecule has 2 fully saturated rings.